The monoisotopic (exact) mass is 299 g/mol. The molecule has 0 bridgehead atoms. The van der Waals surface area contributed by atoms with E-state index in [-0.39, 0.29) is 10.8 Å². The molecule has 0 spiro atoms. The van der Waals surface area contributed by atoms with Crippen molar-refractivity contribution in [3.8, 4) is 0 Å². The highest BCUT2D eigenvalue weighted by atomic mass is 32.2. The van der Waals surface area contributed by atoms with E-state index < -0.39 is 10.0 Å². The zero-order valence-corrected chi connectivity index (χ0v) is 13.5. The van der Waals surface area contributed by atoms with Crippen molar-refractivity contribution in [3.05, 3.63) is 18.3 Å². The Labute approximate surface area is 122 Å². The Bertz CT molecular complexity index is 515. The third-order valence-electron chi connectivity index (χ3n) is 3.34. The molecule has 114 valence electrons. The van der Waals surface area contributed by atoms with Gasteiger partial charge in [-0.25, -0.2) is 18.1 Å². The number of hydrogen-bond acceptors (Lipinski definition) is 4. The number of sulfonamides is 1. The molecule has 0 fully saturated rings. The van der Waals surface area contributed by atoms with E-state index in [1.807, 2.05) is 13.8 Å². The van der Waals surface area contributed by atoms with Crippen LogP contribution in [-0.4, -0.2) is 26.5 Å². The number of pyridine rings is 1. The molecule has 2 N–H and O–H groups in total. The molecule has 1 heterocycles. The fourth-order valence-electron chi connectivity index (χ4n) is 1.54. The first-order valence-electron chi connectivity index (χ1n) is 7.07. The lowest BCUT2D eigenvalue weighted by Gasteiger charge is -2.17. The van der Waals surface area contributed by atoms with E-state index in [1.54, 1.807) is 18.3 Å². The summed E-state index contributed by atoms with van der Waals surface area (Å²) < 4.78 is 27.4. The molecule has 0 aliphatic heterocycles. The fraction of sp³-hybridized carbons (Fsp3) is 0.643. The van der Waals surface area contributed by atoms with Crippen LogP contribution in [0.5, 0.6) is 0 Å². The number of anilines is 1. The molecule has 0 aromatic carbocycles. The Morgan fingerprint density at radius 2 is 2.00 bits per heavy atom. The highest BCUT2D eigenvalue weighted by Gasteiger charge is 2.20. The maximum atomic E-state index is 12.4. The second-order valence-electron chi connectivity index (χ2n) is 5.35. The molecule has 6 heteroatoms. The zero-order valence-electron chi connectivity index (χ0n) is 12.7. The number of nitrogens with zero attached hydrogens (tertiary/aromatic N) is 1. The summed E-state index contributed by atoms with van der Waals surface area (Å²) in [5, 5.41) is 3.05. The fourth-order valence-corrected chi connectivity index (χ4v) is 2.81. The van der Waals surface area contributed by atoms with Gasteiger partial charge in [0.05, 0.1) is 0 Å². The molecule has 0 aliphatic rings. The van der Waals surface area contributed by atoms with Crippen molar-refractivity contribution >= 4 is 15.8 Å². The largest absolute Gasteiger partial charge is 0.369 e. The van der Waals surface area contributed by atoms with Gasteiger partial charge in [0.1, 0.15) is 10.7 Å². The van der Waals surface area contributed by atoms with Gasteiger partial charge in [-0.15, -0.1) is 0 Å². The van der Waals surface area contributed by atoms with Crippen molar-refractivity contribution in [1.29, 1.82) is 0 Å². The normalized spacial score (nSPS) is 13.4. The van der Waals surface area contributed by atoms with Crippen LogP contribution < -0.4 is 10.0 Å². The van der Waals surface area contributed by atoms with Gasteiger partial charge in [-0.1, -0.05) is 27.7 Å². The van der Waals surface area contributed by atoms with E-state index >= 15 is 0 Å². The van der Waals surface area contributed by atoms with Crippen molar-refractivity contribution in [1.82, 2.24) is 9.71 Å². The number of rotatable bonds is 8. The summed E-state index contributed by atoms with van der Waals surface area (Å²) in [4.78, 5) is 4.33. The van der Waals surface area contributed by atoms with Crippen molar-refractivity contribution in [2.45, 2.75) is 39.0 Å². The van der Waals surface area contributed by atoms with E-state index in [4.69, 9.17) is 0 Å². The Morgan fingerprint density at radius 3 is 2.60 bits per heavy atom. The van der Waals surface area contributed by atoms with Gasteiger partial charge >= 0.3 is 0 Å². The SMILES string of the molecule is CCCNc1ncccc1S(=O)(=O)NCC(C)C(C)C. The predicted octanol–water partition coefficient (Wildman–Crippen LogP) is 2.47. The van der Waals surface area contributed by atoms with Crippen molar-refractivity contribution in [3.63, 3.8) is 0 Å². The first-order valence-corrected chi connectivity index (χ1v) is 8.55. The Balaban J connectivity index is 2.86. The van der Waals surface area contributed by atoms with Crippen LogP contribution >= 0.6 is 0 Å². The van der Waals surface area contributed by atoms with Crippen molar-refractivity contribution in [2.24, 2.45) is 11.8 Å². The Kier molecular flexibility index (Phi) is 6.42. The average molecular weight is 299 g/mol. The average Bonchev–Trinajstić information content (AvgIpc) is 2.42. The molecule has 20 heavy (non-hydrogen) atoms. The maximum absolute atomic E-state index is 12.4. The molecule has 0 aliphatic carbocycles. The molecule has 0 saturated heterocycles. The quantitative estimate of drug-likeness (QED) is 0.773. The van der Waals surface area contributed by atoms with Gasteiger partial charge in [0.15, 0.2) is 0 Å². The molecule has 1 unspecified atom stereocenters. The Morgan fingerprint density at radius 1 is 1.30 bits per heavy atom. The van der Waals surface area contributed by atoms with E-state index in [2.05, 4.69) is 28.9 Å². The number of nitrogens with one attached hydrogen (secondary N) is 2. The molecule has 0 saturated carbocycles. The topological polar surface area (TPSA) is 71.1 Å². The smallest absolute Gasteiger partial charge is 0.244 e. The highest BCUT2D eigenvalue weighted by Crippen LogP contribution is 2.18. The van der Waals surface area contributed by atoms with E-state index in [0.717, 1.165) is 6.42 Å². The van der Waals surface area contributed by atoms with Crippen LogP contribution in [0, 0.1) is 11.8 Å². The minimum Gasteiger partial charge on any atom is -0.369 e. The molecule has 1 aromatic heterocycles. The van der Waals surface area contributed by atoms with Gasteiger partial charge in [-0.3, -0.25) is 0 Å². The lowest BCUT2D eigenvalue weighted by molar-refractivity contribution is 0.414. The molecule has 1 rings (SSSR count). The van der Waals surface area contributed by atoms with Gasteiger partial charge < -0.3 is 5.32 Å². The van der Waals surface area contributed by atoms with Crippen LogP contribution in [0.25, 0.3) is 0 Å². The molecule has 0 amide bonds. The third-order valence-corrected chi connectivity index (χ3v) is 4.79. The van der Waals surface area contributed by atoms with Crippen LogP contribution in [0.1, 0.15) is 34.1 Å². The minimum atomic E-state index is -3.52. The number of hydrogen-bond donors (Lipinski definition) is 2. The molecule has 0 radical (unpaired) electrons. The second kappa shape index (κ2) is 7.59. The van der Waals surface area contributed by atoms with Crippen molar-refractivity contribution < 1.29 is 8.42 Å². The summed E-state index contributed by atoms with van der Waals surface area (Å²) in [5.74, 6) is 1.14. The molecule has 5 nitrogen and oxygen atoms in total. The summed E-state index contributed by atoms with van der Waals surface area (Å²) in [6.45, 7) is 9.35. The minimum absolute atomic E-state index is 0.212. The van der Waals surface area contributed by atoms with Gasteiger partial charge in [0.25, 0.3) is 0 Å². The molecular formula is C14H25N3O2S. The van der Waals surface area contributed by atoms with Crippen LogP contribution in [0.3, 0.4) is 0 Å². The summed E-state index contributed by atoms with van der Waals surface area (Å²) in [7, 11) is -3.52. The van der Waals surface area contributed by atoms with Gasteiger partial charge in [-0.2, -0.15) is 0 Å². The first kappa shape index (κ1) is 16.9. The third kappa shape index (κ3) is 4.76. The summed E-state index contributed by atoms with van der Waals surface area (Å²) in [6, 6.07) is 3.21. The van der Waals surface area contributed by atoms with Crippen LogP contribution in [0.15, 0.2) is 23.2 Å². The summed E-state index contributed by atoms with van der Waals surface area (Å²) in [5.41, 5.74) is 0. The molecule has 1 atom stereocenters. The molecule has 1 aromatic rings. The predicted molar refractivity (Wildman–Crippen MR) is 82.2 cm³/mol. The highest BCUT2D eigenvalue weighted by molar-refractivity contribution is 7.89. The number of aromatic nitrogens is 1. The standard InChI is InChI=1S/C14H25N3O2S/c1-5-8-15-14-13(7-6-9-16-14)20(18,19)17-10-12(4)11(2)3/h6-7,9,11-12,17H,5,8,10H2,1-4H3,(H,15,16). The summed E-state index contributed by atoms with van der Waals surface area (Å²) >= 11 is 0. The van der Waals surface area contributed by atoms with Crippen LogP contribution in [0.4, 0.5) is 5.82 Å². The van der Waals surface area contributed by atoms with Crippen LogP contribution in [-0.2, 0) is 10.0 Å². The zero-order chi connectivity index (χ0) is 15.2. The summed E-state index contributed by atoms with van der Waals surface area (Å²) in [6.07, 6.45) is 2.50. The van der Waals surface area contributed by atoms with Gasteiger partial charge in [-0.05, 0) is 30.4 Å². The van der Waals surface area contributed by atoms with Crippen molar-refractivity contribution in [2.75, 3.05) is 18.4 Å². The lowest BCUT2D eigenvalue weighted by Crippen LogP contribution is -2.31. The van der Waals surface area contributed by atoms with Crippen LogP contribution in [0.2, 0.25) is 0 Å². The van der Waals surface area contributed by atoms with Gasteiger partial charge in [0, 0.05) is 19.3 Å². The van der Waals surface area contributed by atoms with E-state index in [0.29, 0.717) is 24.8 Å². The second-order valence-corrected chi connectivity index (χ2v) is 7.09. The maximum Gasteiger partial charge on any atom is 0.244 e. The van der Waals surface area contributed by atoms with E-state index in [1.165, 1.54) is 0 Å². The Hall–Kier alpha value is -1.14. The van der Waals surface area contributed by atoms with Gasteiger partial charge in [0.2, 0.25) is 10.0 Å². The lowest BCUT2D eigenvalue weighted by atomic mass is 9.99. The van der Waals surface area contributed by atoms with E-state index in [9.17, 15) is 8.42 Å². The molecular weight excluding hydrogens is 274 g/mol. The first-order chi connectivity index (χ1) is 9.38.